The molecule has 0 unspecified atom stereocenters. The van der Waals surface area contributed by atoms with Crippen LogP contribution in [-0.4, -0.2) is 11.8 Å². The number of nitriles is 1. The lowest BCUT2D eigenvalue weighted by molar-refractivity contribution is -0.120. The molecule has 122 valence electrons. The van der Waals surface area contributed by atoms with E-state index in [2.05, 4.69) is 10.6 Å². The highest BCUT2D eigenvalue weighted by Gasteiger charge is 2.05. The Kier molecular flexibility index (Phi) is 6.09. The predicted octanol–water partition coefficient (Wildman–Crippen LogP) is 2.71. The van der Waals surface area contributed by atoms with E-state index in [4.69, 9.17) is 5.26 Å². The average molecular weight is 321 g/mol. The molecule has 0 aromatic heterocycles. The summed E-state index contributed by atoms with van der Waals surface area (Å²) in [5.41, 5.74) is 3.59. The zero-order valence-electron chi connectivity index (χ0n) is 13.5. The van der Waals surface area contributed by atoms with E-state index in [-0.39, 0.29) is 18.2 Å². The normalized spacial score (nSPS) is 9.83. The fourth-order valence-electron chi connectivity index (χ4n) is 2.31. The van der Waals surface area contributed by atoms with Crippen molar-refractivity contribution in [1.29, 1.82) is 5.26 Å². The summed E-state index contributed by atoms with van der Waals surface area (Å²) in [5.74, 6) is -0.405. The number of amides is 2. The lowest BCUT2D eigenvalue weighted by Crippen LogP contribution is -2.24. The van der Waals surface area contributed by atoms with Gasteiger partial charge in [-0.15, -0.1) is 0 Å². The smallest absolute Gasteiger partial charge is 0.238 e. The number of carbonyl (C=O) groups is 2. The number of aryl methyl sites for hydroxylation is 1. The summed E-state index contributed by atoms with van der Waals surface area (Å²) < 4.78 is 0. The minimum Gasteiger partial charge on any atom is -0.352 e. The van der Waals surface area contributed by atoms with Gasteiger partial charge in [-0.3, -0.25) is 9.59 Å². The van der Waals surface area contributed by atoms with Crippen LogP contribution in [0.5, 0.6) is 0 Å². The highest BCUT2D eigenvalue weighted by molar-refractivity contribution is 5.92. The number of carbonyl (C=O) groups excluding carboxylic acids is 2. The zero-order chi connectivity index (χ0) is 17.4. The number of nitrogens with one attached hydrogen (secondary N) is 2. The summed E-state index contributed by atoms with van der Waals surface area (Å²) in [6, 6.07) is 16.8. The summed E-state index contributed by atoms with van der Waals surface area (Å²) in [7, 11) is 0. The van der Waals surface area contributed by atoms with E-state index >= 15 is 0 Å². The van der Waals surface area contributed by atoms with E-state index in [9.17, 15) is 9.59 Å². The number of rotatable bonds is 6. The van der Waals surface area contributed by atoms with E-state index in [0.29, 0.717) is 18.7 Å². The third kappa shape index (κ3) is 5.58. The van der Waals surface area contributed by atoms with Crippen LogP contribution in [0.15, 0.2) is 48.5 Å². The second kappa shape index (κ2) is 8.49. The van der Waals surface area contributed by atoms with Crippen molar-refractivity contribution in [2.24, 2.45) is 0 Å². The molecule has 0 aliphatic carbocycles. The zero-order valence-corrected chi connectivity index (χ0v) is 13.5. The molecule has 0 atom stereocenters. The van der Waals surface area contributed by atoms with Crippen LogP contribution in [0.4, 0.5) is 5.69 Å². The van der Waals surface area contributed by atoms with E-state index < -0.39 is 0 Å². The number of hydrogen-bond acceptors (Lipinski definition) is 3. The van der Waals surface area contributed by atoms with Gasteiger partial charge in [0.25, 0.3) is 0 Å². The minimum absolute atomic E-state index is 0.0560. The molecule has 0 heterocycles. The van der Waals surface area contributed by atoms with Crippen molar-refractivity contribution in [3.8, 4) is 6.07 Å². The Hall–Kier alpha value is -3.13. The fourth-order valence-corrected chi connectivity index (χ4v) is 2.31. The van der Waals surface area contributed by atoms with Gasteiger partial charge in [-0.05, 0) is 30.2 Å². The Morgan fingerprint density at radius 1 is 1.04 bits per heavy atom. The Balaban J connectivity index is 1.88. The van der Waals surface area contributed by atoms with Crippen molar-refractivity contribution in [2.45, 2.75) is 26.3 Å². The van der Waals surface area contributed by atoms with Gasteiger partial charge in [-0.1, -0.05) is 42.0 Å². The highest BCUT2D eigenvalue weighted by atomic mass is 16.2. The summed E-state index contributed by atoms with van der Waals surface area (Å²) in [4.78, 5) is 23.4. The summed E-state index contributed by atoms with van der Waals surface area (Å²) in [6.45, 7) is 2.38. The summed E-state index contributed by atoms with van der Waals surface area (Å²) in [6.07, 6.45) is 0.151. The lowest BCUT2D eigenvalue weighted by Gasteiger charge is -2.08. The predicted molar refractivity (Wildman–Crippen MR) is 92.0 cm³/mol. The molecule has 0 saturated carbocycles. The van der Waals surface area contributed by atoms with Crippen molar-refractivity contribution < 1.29 is 9.59 Å². The third-order valence-electron chi connectivity index (χ3n) is 3.39. The van der Waals surface area contributed by atoms with Crippen molar-refractivity contribution in [2.75, 3.05) is 5.32 Å². The maximum absolute atomic E-state index is 12.0. The Morgan fingerprint density at radius 2 is 1.79 bits per heavy atom. The van der Waals surface area contributed by atoms with Crippen molar-refractivity contribution in [1.82, 2.24) is 5.32 Å². The topological polar surface area (TPSA) is 82.0 Å². The first-order valence-electron chi connectivity index (χ1n) is 7.65. The third-order valence-corrected chi connectivity index (χ3v) is 3.39. The molecule has 0 bridgehead atoms. The van der Waals surface area contributed by atoms with E-state index in [1.165, 1.54) is 0 Å². The molecule has 2 N–H and O–H groups in total. The van der Waals surface area contributed by atoms with Gasteiger partial charge < -0.3 is 10.6 Å². The van der Waals surface area contributed by atoms with Gasteiger partial charge in [-0.2, -0.15) is 5.26 Å². The maximum atomic E-state index is 12.0. The van der Waals surface area contributed by atoms with E-state index in [0.717, 1.165) is 16.7 Å². The molecule has 5 nitrogen and oxygen atoms in total. The van der Waals surface area contributed by atoms with Crippen LogP contribution in [0.1, 0.15) is 23.1 Å². The number of benzene rings is 2. The van der Waals surface area contributed by atoms with Crippen LogP contribution in [0.3, 0.4) is 0 Å². The van der Waals surface area contributed by atoms with Crippen LogP contribution in [0.2, 0.25) is 0 Å². The van der Waals surface area contributed by atoms with Gasteiger partial charge in [0.15, 0.2) is 0 Å². The molecule has 0 saturated heterocycles. The molecular formula is C19H19N3O2. The molecule has 0 spiro atoms. The second-order valence-electron chi connectivity index (χ2n) is 5.53. The first-order chi connectivity index (χ1) is 11.6. The molecule has 0 aliphatic heterocycles. The number of anilines is 1. The fraction of sp³-hybridized carbons (Fsp3) is 0.211. The Morgan fingerprint density at radius 3 is 2.54 bits per heavy atom. The highest BCUT2D eigenvalue weighted by Crippen LogP contribution is 2.11. The quantitative estimate of drug-likeness (QED) is 0.858. The first-order valence-corrected chi connectivity index (χ1v) is 7.65. The first kappa shape index (κ1) is 17.2. The standard InChI is InChI=1S/C19H19N3O2/c1-14-4-2-5-15(10-14)12-19(24)21-13-16-6-3-7-17(11-16)22-18(23)8-9-20/h2-7,10-11H,8,12-13H2,1H3,(H,21,24)(H,22,23). The van der Waals surface area contributed by atoms with Crippen LogP contribution in [-0.2, 0) is 22.6 Å². The van der Waals surface area contributed by atoms with Gasteiger partial charge >= 0.3 is 0 Å². The van der Waals surface area contributed by atoms with Crippen LogP contribution in [0, 0.1) is 18.3 Å². The lowest BCUT2D eigenvalue weighted by atomic mass is 10.1. The molecule has 2 aromatic rings. The Labute approximate surface area is 141 Å². The molecule has 2 aromatic carbocycles. The van der Waals surface area contributed by atoms with E-state index in [1.54, 1.807) is 24.3 Å². The number of nitrogens with zero attached hydrogens (tertiary/aromatic N) is 1. The molecule has 0 fully saturated rings. The molecule has 0 aliphatic rings. The van der Waals surface area contributed by atoms with Crippen LogP contribution >= 0.6 is 0 Å². The number of hydrogen-bond donors (Lipinski definition) is 2. The van der Waals surface area contributed by atoms with Crippen LogP contribution < -0.4 is 10.6 Å². The average Bonchev–Trinajstić information content (AvgIpc) is 2.53. The SMILES string of the molecule is Cc1cccc(CC(=O)NCc2cccc(NC(=O)CC#N)c2)c1. The molecule has 2 amide bonds. The van der Waals surface area contributed by atoms with Gasteiger partial charge in [0.2, 0.25) is 11.8 Å². The van der Waals surface area contributed by atoms with Gasteiger partial charge in [0.05, 0.1) is 12.5 Å². The molecule has 2 rings (SSSR count). The maximum Gasteiger partial charge on any atom is 0.238 e. The molecule has 24 heavy (non-hydrogen) atoms. The van der Waals surface area contributed by atoms with Crippen molar-refractivity contribution >= 4 is 17.5 Å². The van der Waals surface area contributed by atoms with Gasteiger partial charge in [0, 0.05) is 12.2 Å². The largest absolute Gasteiger partial charge is 0.352 e. The van der Waals surface area contributed by atoms with Crippen molar-refractivity contribution in [3.05, 3.63) is 65.2 Å². The van der Waals surface area contributed by atoms with E-state index in [1.807, 2.05) is 37.3 Å². The van der Waals surface area contributed by atoms with Crippen LogP contribution in [0.25, 0.3) is 0 Å². The molecule has 0 radical (unpaired) electrons. The van der Waals surface area contributed by atoms with Gasteiger partial charge in [-0.25, -0.2) is 0 Å². The van der Waals surface area contributed by atoms with Crippen molar-refractivity contribution in [3.63, 3.8) is 0 Å². The summed E-state index contributed by atoms with van der Waals surface area (Å²) in [5, 5.41) is 14.0. The monoisotopic (exact) mass is 321 g/mol. The molecule has 5 heteroatoms. The van der Waals surface area contributed by atoms with Gasteiger partial charge in [0.1, 0.15) is 6.42 Å². The summed E-state index contributed by atoms with van der Waals surface area (Å²) >= 11 is 0. The Bertz CT molecular complexity index is 778. The molecular weight excluding hydrogens is 302 g/mol. The minimum atomic E-state index is -0.349. The second-order valence-corrected chi connectivity index (χ2v) is 5.53.